The molecule has 2 aliphatic heterocycles. The average molecular weight is 337 g/mol. The van der Waals surface area contributed by atoms with Crippen LogP contribution in [0.4, 0.5) is 0 Å². The fourth-order valence-electron chi connectivity index (χ4n) is 3.75. The fraction of sp³-hybridized carbons (Fsp3) is 0.765. The van der Waals surface area contributed by atoms with E-state index >= 15 is 0 Å². The molecule has 0 radical (unpaired) electrons. The highest BCUT2D eigenvalue weighted by molar-refractivity contribution is 7.11. The predicted molar refractivity (Wildman–Crippen MR) is 95.3 cm³/mol. The van der Waals surface area contributed by atoms with Crippen LogP contribution in [0.5, 0.6) is 0 Å². The van der Waals surface area contributed by atoms with Crippen LogP contribution in [0.15, 0.2) is 4.99 Å². The van der Waals surface area contributed by atoms with Gasteiger partial charge in [0.05, 0.1) is 10.7 Å². The molecule has 0 aliphatic carbocycles. The zero-order valence-corrected chi connectivity index (χ0v) is 15.3. The maximum absolute atomic E-state index is 5.54. The summed E-state index contributed by atoms with van der Waals surface area (Å²) in [4.78, 5) is 12.8. The lowest BCUT2D eigenvalue weighted by Gasteiger charge is -2.33. The predicted octanol–water partition coefficient (Wildman–Crippen LogP) is 2.38. The number of rotatable bonds is 3. The van der Waals surface area contributed by atoms with Gasteiger partial charge in [-0.1, -0.05) is 0 Å². The third-order valence-electron chi connectivity index (χ3n) is 5.14. The third kappa shape index (κ3) is 3.86. The number of nitrogens with zero attached hydrogens (tertiary/aromatic N) is 3. The van der Waals surface area contributed by atoms with Crippen molar-refractivity contribution in [1.82, 2.24) is 15.2 Å². The van der Waals surface area contributed by atoms with E-state index in [9.17, 15) is 0 Å². The fourth-order valence-corrected chi connectivity index (χ4v) is 4.69. The van der Waals surface area contributed by atoms with E-state index in [1.165, 1.54) is 29.8 Å². The van der Waals surface area contributed by atoms with E-state index in [1.807, 2.05) is 7.05 Å². The van der Waals surface area contributed by atoms with Crippen LogP contribution in [0.3, 0.4) is 0 Å². The number of likely N-dealkylation sites (tertiary alicyclic amines) is 1. The topological polar surface area (TPSA) is 49.8 Å². The maximum Gasteiger partial charge on any atom is 0.193 e. The average Bonchev–Trinajstić information content (AvgIpc) is 3.08. The molecule has 0 aromatic carbocycles. The molecule has 1 N–H and O–H groups in total. The number of ether oxygens (including phenoxy) is 1. The van der Waals surface area contributed by atoms with Crippen LogP contribution in [0, 0.1) is 19.3 Å². The second kappa shape index (κ2) is 7.18. The number of nitrogens with one attached hydrogen (secondary N) is 1. The van der Waals surface area contributed by atoms with E-state index < -0.39 is 0 Å². The van der Waals surface area contributed by atoms with Crippen molar-refractivity contribution in [2.24, 2.45) is 10.4 Å². The minimum absolute atomic E-state index is 0.460. The molecule has 1 aromatic heterocycles. The van der Waals surface area contributed by atoms with Crippen molar-refractivity contribution in [3.8, 4) is 0 Å². The number of aromatic nitrogens is 1. The molecule has 0 unspecified atom stereocenters. The summed E-state index contributed by atoms with van der Waals surface area (Å²) in [6.45, 7) is 9.16. The summed E-state index contributed by atoms with van der Waals surface area (Å²) in [6, 6.07) is 0. The first-order valence-electron chi connectivity index (χ1n) is 8.58. The zero-order valence-electron chi connectivity index (χ0n) is 14.5. The van der Waals surface area contributed by atoms with Crippen molar-refractivity contribution < 1.29 is 4.74 Å². The number of hydrogen-bond donors (Lipinski definition) is 1. The lowest BCUT2D eigenvalue weighted by atomic mass is 9.80. The van der Waals surface area contributed by atoms with E-state index in [2.05, 4.69) is 34.0 Å². The molecule has 23 heavy (non-hydrogen) atoms. The summed E-state index contributed by atoms with van der Waals surface area (Å²) in [7, 11) is 1.89. The first-order valence-corrected chi connectivity index (χ1v) is 9.40. The molecule has 3 rings (SSSR count). The first kappa shape index (κ1) is 16.7. The van der Waals surface area contributed by atoms with Crippen molar-refractivity contribution in [2.75, 3.05) is 39.9 Å². The Bertz CT molecular complexity index is 563. The summed E-state index contributed by atoms with van der Waals surface area (Å²) in [6.07, 6.45) is 4.67. The van der Waals surface area contributed by atoms with Crippen LogP contribution in [-0.4, -0.2) is 55.7 Å². The Hall–Kier alpha value is -1.14. The van der Waals surface area contributed by atoms with Gasteiger partial charge in [0.1, 0.15) is 0 Å². The van der Waals surface area contributed by atoms with Gasteiger partial charge in [0.25, 0.3) is 0 Å². The van der Waals surface area contributed by atoms with Gasteiger partial charge in [-0.25, -0.2) is 4.98 Å². The summed E-state index contributed by atoms with van der Waals surface area (Å²) < 4.78 is 5.54. The van der Waals surface area contributed by atoms with Gasteiger partial charge in [-0.15, -0.1) is 11.3 Å². The van der Waals surface area contributed by atoms with E-state index in [-0.39, 0.29) is 0 Å². The minimum Gasteiger partial charge on any atom is -0.381 e. The van der Waals surface area contributed by atoms with E-state index in [0.29, 0.717) is 5.41 Å². The number of thiazole rings is 1. The number of guanidine groups is 1. The van der Waals surface area contributed by atoms with Crippen LogP contribution in [-0.2, 0) is 11.2 Å². The van der Waals surface area contributed by atoms with Crippen molar-refractivity contribution in [3.63, 3.8) is 0 Å². The van der Waals surface area contributed by atoms with Gasteiger partial charge in [0.2, 0.25) is 0 Å². The Kier molecular flexibility index (Phi) is 5.21. The molecule has 1 spiro atoms. The largest absolute Gasteiger partial charge is 0.381 e. The highest BCUT2D eigenvalue weighted by atomic mass is 32.1. The molecule has 0 bridgehead atoms. The van der Waals surface area contributed by atoms with Gasteiger partial charge >= 0.3 is 0 Å². The number of hydrogen-bond acceptors (Lipinski definition) is 4. The van der Waals surface area contributed by atoms with Gasteiger partial charge < -0.3 is 15.0 Å². The Labute approximate surface area is 143 Å². The third-order valence-corrected chi connectivity index (χ3v) is 6.27. The Morgan fingerprint density at radius 1 is 1.35 bits per heavy atom. The van der Waals surface area contributed by atoms with E-state index in [4.69, 9.17) is 4.74 Å². The SMILES string of the molecule is CN=C(NCCc1sc(C)nc1C)N1CCC2(CCOCC2)C1. The molecule has 0 amide bonds. The van der Waals surface area contributed by atoms with Crippen LogP contribution >= 0.6 is 11.3 Å². The zero-order chi connectivity index (χ0) is 16.3. The van der Waals surface area contributed by atoms with Gasteiger partial charge in [-0.3, -0.25) is 4.99 Å². The van der Waals surface area contributed by atoms with Gasteiger partial charge in [0, 0.05) is 51.2 Å². The monoisotopic (exact) mass is 336 g/mol. The molecular formula is C17H28N4OS. The Morgan fingerprint density at radius 2 is 2.13 bits per heavy atom. The highest BCUT2D eigenvalue weighted by Gasteiger charge is 2.40. The summed E-state index contributed by atoms with van der Waals surface area (Å²) in [5.41, 5.74) is 1.63. The molecule has 0 saturated carbocycles. The van der Waals surface area contributed by atoms with Crippen LogP contribution < -0.4 is 5.32 Å². The molecule has 0 atom stereocenters. The van der Waals surface area contributed by atoms with Gasteiger partial charge in [-0.2, -0.15) is 0 Å². The number of aliphatic imine (C=N–C) groups is 1. The van der Waals surface area contributed by atoms with Crippen LogP contribution in [0.2, 0.25) is 0 Å². The minimum atomic E-state index is 0.460. The van der Waals surface area contributed by atoms with Crippen molar-refractivity contribution in [1.29, 1.82) is 0 Å². The van der Waals surface area contributed by atoms with E-state index in [0.717, 1.165) is 50.2 Å². The van der Waals surface area contributed by atoms with Gasteiger partial charge in [-0.05, 0) is 38.5 Å². The highest BCUT2D eigenvalue weighted by Crippen LogP contribution is 2.39. The van der Waals surface area contributed by atoms with Crippen LogP contribution in [0.1, 0.15) is 34.8 Å². The van der Waals surface area contributed by atoms with Crippen molar-refractivity contribution in [2.45, 2.75) is 39.5 Å². The number of aryl methyl sites for hydroxylation is 2. The van der Waals surface area contributed by atoms with E-state index in [1.54, 1.807) is 11.3 Å². The molecule has 5 nitrogen and oxygen atoms in total. The molecule has 6 heteroatoms. The first-order chi connectivity index (χ1) is 11.1. The molecule has 2 saturated heterocycles. The molecular weight excluding hydrogens is 308 g/mol. The Morgan fingerprint density at radius 3 is 2.78 bits per heavy atom. The normalized spacial score (nSPS) is 21.2. The summed E-state index contributed by atoms with van der Waals surface area (Å²) in [5.74, 6) is 1.05. The van der Waals surface area contributed by atoms with Crippen molar-refractivity contribution in [3.05, 3.63) is 15.6 Å². The van der Waals surface area contributed by atoms with Crippen LogP contribution in [0.25, 0.3) is 0 Å². The second-order valence-corrected chi connectivity index (χ2v) is 8.04. The summed E-state index contributed by atoms with van der Waals surface area (Å²) >= 11 is 1.80. The maximum atomic E-state index is 5.54. The lowest BCUT2D eigenvalue weighted by molar-refractivity contribution is 0.0218. The molecule has 128 valence electrons. The molecule has 3 heterocycles. The lowest BCUT2D eigenvalue weighted by Crippen LogP contribution is -2.42. The standard InChI is InChI=1S/C17H28N4OS/c1-13-15(23-14(2)20-13)4-8-19-16(18-3)21-9-5-17(12-21)6-10-22-11-7-17/h4-12H2,1-3H3,(H,18,19). The smallest absolute Gasteiger partial charge is 0.193 e. The molecule has 1 aromatic rings. The Balaban J connectivity index is 1.51. The van der Waals surface area contributed by atoms with Crippen molar-refractivity contribution >= 4 is 17.3 Å². The summed E-state index contributed by atoms with van der Waals surface area (Å²) in [5, 5.41) is 4.70. The second-order valence-electron chi connectivity index (χ2n) is 6.75. The molecule has 2 aliphatic rings. The quantitative estimate of drug-likeness (QED) is 0.680. The molecule has 2 fully saturated rings. The van der Waals surface area contributed by atoms with Gasteiger partial charge in [0.15, 0.2) is 5.96 Å².